The van der Waals surface area contributed by atoms with Crippen molar-refractivity contribution in [2.45, 2.75) is 25.9 Å². The highest BCUT2D eigenvalue weighted by molar-refractivity contribution is 7.80. The lowest BCUT2D eigenvalue weighted by molar-refractivity contribution is -0.384. The molecule has 0 amide bonds. The summed E-state index contributed by atoms with van der Waals surface area (Å²) in [5.41, 5.74) is 5.44. The van der Waals surface area contributed by atoms with Gasteiger partial charge in [-0.05, 0) is 80.2 Å². The number of nitro benzene ring substituents is 1. The maximum absolute atomic E-state index is 11.3. The van der Waals surface area contributed by atoms with Crippen molar-refractivity contribution in [1.82, 2.24) is 14.9 Å². The van der Waals surface area contributed by atoms with Crippen molar-refractivity contribution in [1.29, 1.82) is 0 Å². The molecule has 2 aromatic heterocycles. The molecule has 0 unspecified atom stereocenters. The fourth-order valence-corrected chi connectivity index (χ4v) is 5.46. The number of ether oxygens (including phenoxy) is 2. The van der Waals surface area contributed by atoms with E-state index in [4.69, 9.17) is 21.7 Å². The van der Waals surface area contributed by atoms with Gasteiger partial charge in [0.1, 0.15) is 11.5 Å². The summed E-state index contributed by atoms with van der Waals surface area (Å²) >= 11 is 5.86. The number of methoxy groups -OCH3 is 2. The molecular formula is C28H27N5O4S. The van der Waals surface area contributed by atoms with Crippen molar-refractivity contribution >= 4 is 28.7 Å². The summed E-state index contributed by atoms with van der Waals surface area (Å²) in [7, 11) is 3.15. The zero-order valence-corrected chi connectivity index (χ0v) is 22.2. The number of anilines is 1. The lowest BCUT2D eigenvalue weighted by Gasteiger charge is -2.28. The minimum atomic E-state index is -0.428. The highest BCUT2D eigenvalue weighted by atomic mass is 32.1. The summed E-state index contributed by atoms with van der Waals surface area (Å²) in [5.74, 6) is 1.17. The van der Waals surface area contributed by atoms with Gasteiger partial charge in [0.05, 0.1) is 48.7 Å². The highest BCUT2D eigenvalue weighted by Gasteiger charge is 2.42. The number of benzene rings is 2. The summed E-state index contributed by atoms with van der Waals surface area (Å²) in [6, 6.07) is 20.0. The van der Waals surface area contributed by atoms with Gasteiger partial charge >= 0.3 is 0 Å². The van der Waals surface area contributed by atoms with E-state index in [-0.39, 0.29) is 17.8 Å². The first-order chi connectivity index (χ1) is 18.3. The predicted molar refractivity (Wildman–Crippen MR) is 149 cm³/mol. The van der Waals surface area contributed by atoms with E-state index >= 15 is 0 Å². The second-order valence-electron chi connectivity index (χ2n) is 8.97. The number of nitro groups is 1. The molecule has 2 atom stereocenters. The van der Waals surface area contributed by atoms with E-state index in [0.29, 0.717) is 10.9 Å². The van der Waals surface area contributed by atoms with Gasteiger partial charge in [0, 0.05) is 29.3 Å². The molecule has 3 heterocycles. The number of pyridine rings is 1. The van der Waals surface area contributed by atoms with Crippen LogP contribution >= 0.6 is 12.2 Å². The SMILES string of the molecule is COc1ccc(N2C(=S)N[C@@H](c3ccccn3)[C@H]2c2cc(C)n(-c3ccc([N+](=O)[O-])cc3OC)c2C)cc1. The van der Waals surface area contributed by atoms with Gasteiger partial charge in [-0.2, -0.15) is 0 Å². The Bertz CT molecular complexity index is 1500. The Kier molecular flexibility index (Phi) is 6.73. The molecule has 1 N–H and O–H groups in total. The second-order valence-corrected chi connectivity index (χ2v) is 9.36. The number of non-ortho nitro benzene ring substituents is 1. The van der Waals surface area contributed by atoms with Crippen LogP contribution in [0.15, 0.2) is 72.9 Å². The third kappa shape index (κ3) is 4.32. The van der Waals surface area contributed by atoms with Crippen LogP contribution in [-0.2, 0) is 0 Å². The molecule has 1 aliphatic heterocycles. The number of aromatic nitrogens is 2. The maximum Gasteiger partial charge on any atom is 0.273 e. The van der Waals surface area contributed by atoms with E-state index in [9.17, 15) is 10.1 Å². The highest BCUT2D eigenvalue weighted by Crippen LogP contribution is 2.44. The van der Waals surface area contributed by atoms with Gasteiger partial charge in [-0.1, -0.05) is 6.07 Å². The van der Waals surface area contributed by atoms with Crippen molar-refractivity contribution in [2.75, 3.05) is 19.1 Å². The Morgan fingerprint density at radius 2 is 1.79 bits per heavy atom. The summed E-state index contributed by atoms with van der Waals surface area (Å²) in [6.07, 6.45) is 1.78. The molecule has 10 heteroatoms. The number of aryl methyl sites for hydroxylation is 1. The summed E-state index contributed by atoms with van der Waals surface area (Å²) in [5, 5.41) is 15.4. The first-order valence-electron chi connectivity index (χ1n) is 12.0. The fraction of sp³-hybridized carbons (Fsp3) is 0.214. The van der Waals surface area contributed by atoms with Crippen molar-refractivity contribution in [3.63, 3.8) is 0 Å². The Labute approximate surface area is 225 Å². The average molecular weight is 530 g/mol. The average Bonchev–Trinajstić information content (AvgIpc) is 3.43. The first kappa shape index (κ1) is 25.2. The van der Waals surface area contributed by atoms with Crippen molar-refractivity contribution in [2.24, 2.45) is 0 Å². The molecule has 5 rings (SSSR count). The molecule has 1 fully saturated rings. The molecule has 0 aliphatic carbocycles. The van der Waals surface area contributed by atoms with E-state index in [2.05, 4.69) is 25.8 Å². The zero-order valence-electron chi connectivity index (χ0n) is 21.4. The number of nitrogens with one attached hydrogen (secondary N) is 1. The van der Waals surface area contributed by atoms with E-state index in [1.807, 2.05) is 56.3 Å². The smallest absolute Gasteiger partial charge is 0.273 e. The molecular weight excluding hydrogens is 502 g/mol. The van der Waals surface area contributed by atoms with Gasteiger partial charge in [-0.25, -0.2) is 0 Å². The number of thiocarbonyl (C=S) groups is 1. The lowest BCUT2D eigenvalue weighted by Crippen LogP contribution is -2.29. The molecule has 9 nitrogen and oxygen atoms in total. The van der Waals surface area contributed by atoms with Crippen molar-refractivity contribution in [3.8, 4) is 17.2 Å². The van der Waals surface area contributed by atoms with Crippen molar-refractivity contribution < 1.29 is 14.4 Å². The number of hydrogen-bond donors (Lipinski definition) is 1. The molecule has 0 spiro atoms. The molecule has 0 radical (unpaired) electrons. The van der Waals surface area contributed by atoms with E-state index in [1.165, 1.54) is 19.2 Å². The molecule has 0 bridgehead atoms. The minimum absolute atomic E-state index is 0.0282. The minimum Gasteiger partial charge on any atom is -0.497 e. The largest absolute Gasteiger partial charge is 0.497 e. The van der Waals surface area contributed by atoms with Crippen LogP contribution in [0.4, 0.5) is 11.4 Å². The molecule has 4 aromatic rings. The standard InChI is InChI=1S/C28H27N5O4S/c1-17-15-22(18(2)31(17)24-13-10-20(33(34)35)16-25(24)37-4)27-26(23-7-5-6-14-29-23)30-28(38)32(27)19-8-11-21(36-3)12-9-19/h5-16,26-27H,1-4H3,(H,30,38)/t26-,27+/m0/s1. The topological polar surface area (TPSA) is 94.7 Å². The van der Waals surface area contributed by atoms with Gasteiger partial charge in [0.2, 0.25) is 0 Å². The summed E-state index contributed by atoms with van der Waals surface area (Å²) < 4.78 is 13.0. The zero-order chi connectivity index (χ0) is 27.0. The van der Waals surface area contributed by atoms with E-state index in [1.54, 1.807) is 19.4 Å². The Balaban J connectivity index is 1.67. The van der Waals surface area contributed by atoms with Crippen molar-refractivity contribution in [3.05, 3.63) is 106 Å². The number of nitrogens with zero attached hydrogens (tertiary/aromatic N) is 4. The van der Waals surface area contributed by atoms with Gasteiger partial charge in [0.25, 0.3) is 5.69 Å². The van der Waals surface area contributed by atoms with Crippen LogP contribution in [0.25, 0.3) is 5.69 Å². The van der Waals surface area contributed by atoms with Crippen LogP contribution in [0, 0.1) is 24.0 Å². The van der Waals surface area contributed by atoms with Gasteiger partial charge in [-0.15, -0.1) is 0 Å². The second kappa shape index (κ2) is 10.1. The molecule has 1 aliphatic rings. The maximum atomic E-state index is 11.3. The summed E-state index contributed by atoms with van der Waals surface area (Å²) in [4.78, 5) is 17.7. The lowest BCUT2D eigenvalue weighted by atomic mass is 9.96. The third-order valence-corrected chi connectivity index (χ3v) is 7.17. The number of hydrogen-bond acceptors (Lipinski definition) is 6. The Morgan fingerprint density at radius 1 is 1.03 bits per heavy atom. The van der Waals surface area contributed by atoms with E-state index < -0.39 is 4.92 Å². The molecule has 194 valence electrons. The van der Waals surface area contributed by atoms with Crippen LogP contribution in [0.1, 0.15) is 34.7 Å². The van der Waals surface area contributed by atoms with E-state index in [0.717, 1.165) is 39.8 Å². The molecule has 1 saturated heterocycles. The first-order valence-corrected chi connectivity index (χ1v) is 12.4. The Hall–Kier alpha value is -4.44. The predicted octanol–water partition coefficient (Wildman–Crippen LogP) is 5.59. The van der Waals surface area contributed by atoms with Gasteiger partial charge in [-0.3, -0.25) is 15.1 Å². The molecule has 38 heavy (non-hydrogen) atoms. The van der Waals surface area contributed by atoms with Crippen LogP contribution in [0.2, 0.25) is 0 Å². The summed E-state index contributed by atoms with van der Waals surface area (Å²) in [6.45, 7) is 4.04. The van der Waals surface area contributed by atoms with Crippen LogP contribution < -0.4 is 19.7 Å². The van der Waals surface area contributed by atoms with Gasteiger partial charge in [0.15, 0.2) is 5.11 Å². The van der Waals surface area contributed by atoms with Crippen LogP contribution in [-0.4, -0.2) is 33.8 Å². The van der Waals surface area contributed by atoms with Gasteiger partial charge < -0.3 is 24.3 Å². The molecule has 2 aromatic carbocycles. The fourth-order valence-electron chi connectivity index (χ4n) is 5.11. The van der Waals surface area contributed by atoms with Crippen LogP contribution in [0.3, 0.4) is 0 Å². The third-order valence-electron chi connectivity index (χ3n) is 6.85. The number of rotatable bonds is 7. The molecule has 0 saturated carbocycles. The Morgan fingerprint density at radius 3 is 2.42 bits per heavy atom. The van der Waals surface area contributed by atoms with Crippen LogP contribution in [0.5, 0.6) is 11.5 Å². The normalized spacial score (nSPS) is 16.8. The quantitative estimate of drug-likeness (QED) is 0.188. The monoisotopic (exact) mass is 529 g/mol.